The Balaban J connectivity index is 2.18. The number of nitrogens with zero attached hydrogens (tertiary/aromatic N) is 2. The Labute approximate surface area is 112 Å². The van der Waals surface area contributed by atoms with Gasteiger partial charge in [-0.3, -0.25) is 10.1 Å². The summed E-state index contributed by atoms with van der Waals surface area (Å²) >= 11 is 11.4. The Morgan fingerprint density at radius 3 is 2.78 bits per heavy atom. The lowest BCUT2D eigenvalue weighted by molar-refractivity contribution is 0.102. The molecule has 0 aromatic carbocycles. The van der Waals surface area contributed by atoms with Crippen molar-refractivity contribution in [3.05, 3.63) is 34.2 Å². The van der Waals surface area contributed by atoms with Crippen LogP contribution in [0.25, 0.3) is 0 Å². The van der Waals surface area contributed by atoms with E-state index in [4.69, 9.17) is 27.9 Å². The van der Waals surface area contributed by atoms with Gasteiger partial charge in [0.1, 0.15) is 10.8 Å². The number of H-pyrrole nitrogens is 1. The van der Waals surface area contributed by atoms with Gasteiger partial charge in [-0.15, -0.1) is 0 Å². The molecule has 0 unspecified atom stereocenters. The first kappa shape index (κ1) is 12.7. The Hall–Kier alpha value is -1.79. The Morgan fingerprint density at radius 2 is 2.17 bits per heavy atom. The number of hydrogen-bond donors (Lipinski definition) is 2. The molecule has 2 aromatic rings. The third-order valence-corrected chi connectivity index (χ3v) is 2.41. The molecule has 0 radical (unpaired) electrons. The second-order valence-electron chi connectivity index (χ2n) is 3.24. The second kappa shape index (κ2) is 5.24. The predicted molar refractivity (Wildman–Crippen MR) is 67.3 cm³/mol. The van der Waals surface area contributed by atoms with Crippen molar-refractivity contribution in [2.75, 3.05) is 12.4 Å². The number of hydrogen-bond acceptors (Lipinski definition) is 4. The van der Waals surface area contributed by atoms with Crippen molar-refractivity contribution in [3.63, 3.8) is 0 Å². The highest BCUT2D eigenvalue weighted by atomic mass is 35.5. The Morgan fingerprint density at radius 1 is 1.39 bits per heavy atom. The zero-order valence-corrected chi connectivity index (χ0v) is 10.7. The molecule has 0 spiro atoms. The van der Waals surface area contributed by atoms with Crippen LogP contribution in [0.4, 0.5) is 5.95 Å². The second-order valence-corrected chi connectivity index (χ2v) is 4.07. The van der Waals surface area contributed by atoms with Crippen molar-refractivity contribution in [2.24, 2.45) is 0 Å². The molecule has 2 rings (SSSR count). The summed E-state index contributed by atoms with van der Waals surface area (Å²) in [7, 11) is 1.44. The van der Waals surface area contributed by atoms with Gasteiger partial charge >= 0.3 is 0 Å². The van der Waals surface area contributed by atoms with E-state index < -0.39 is 5.91 Å². The van der Waals surface area contributed by atoms with Gasteiger partial charge in [0.25, 0.3) is 5.91 Å². The lowest BCUT2D eigenvalue weighted by Crippen LogP contribution is -2.14. The number of anilines is 1. The highest BCUT2D eigenvalue weighted by molar-refractivity contribution is 6.31. The van der Waals surface area contributed by atoms with Crippen molar-refractivity contribution in [2.45, 2.75) is 0 Å². The molecule has 0 aliphatic heterocycles. The molecule has 2 heterocycles. The van der Waals surface area contributed by atoms with Crippen LogP contribution >= 0.6 is 23.2 Å². The van der Waals surface area contributed by atoms with E-state index in [9.17, 15) is 4.79 Å². The lowest BCUT2D eigenvalue weighted by atomic mass is 10.4. The maximum absolute atomic E-state index is 11.8. The molecule has 94 valence electrons. The van der Waals surface area contributed by atoms with Crippen molar-refractivity contribution in [1.29, 1.82) is 0 Å². The van der Waals surface area contributed by atoms with Crippen LogP contribution in [0.2, 0.25) is 10.2 Å². The quantitative estimate of drug-likeness (QED) is 0.849. The summed E-state index contributed by atoms with van der Waals surface area (Å²) < 4.78 is 4.91. The number of ether oxygens (including phenoxy) is 1. The molecule has 0 aliphatic carbocycles. The van der Waals surface area contributed by atoms with Gasteiger partial charge in [0.15, 0.2) is 0 Å². The van der Waals surface area contributed by atoms with Crippen LogP contribution in [0, 0.1) is 0 Å². The molecule has 0 bridgehead atoms. The molecular formula is C10H8Cl2N4O2. The van der Waals surface area contributed by atoms with E-state index in [1.165, 1.54) is 25.4 Å². The van der Waals surface area contributed by atoms with E-state index in [2.05, 4.69) is 20.3 Å². The van der Waals surface area contributed by atoms with Gasteiger partial charge in [-0.25, -0.2) is 4.98 Å². The number of nitrogens with one attached hydrogen (secondary N) is 2. The number of carbonyl (C=O) groups excluding carboxylic acids is 1. The van der Waals surface area contributed by atoms with Crippen molar-refractivity contribution in [1.82, 2.24) is 15.0 Å². The van der Waals surface area contributed by atoms with Crippen LogP contribution in [0.15, 0.2) is 18.3 Å². The van der Waals surface area contributed by atoms with Crippen LogP contribution in [0.1, 0.15) is 10.5 Å². The third-order valence-electron chi connectivity index (χ3n) is 2.00. The molecule has 1 amide bonds. The fourth-order valence-corrected chi connectivity index (χ4v) is 1.56. The lowest BCUT2D eigenvalue weighted by Gasteiger charge is -2.04. The zero-order chi connectivity index (χ0) is 13.1. The molecule has 0 fully saturated rings. The summed E-state index contributed by atoms with van der Waals surface area (Å²) in [5, 5.41) is 3.07. The van der Waals surface area contributed by atoms with E-state index in [-0.39, 0.29) is 17.0 Å². The van der Waals surface area contributed by atoms with Gasteiger partial charge in [0, 0.05) is 12.3 Å². The molecule has 2 aromatic heterocycles. The number of halogens is 2. The predicted octanol–water partition coefficient (Wildman–Crippen LogP) is 2.37. The summed E-state index contributed by atoms with van der Waals surface area (Å²) in [5.74, 6) is -0.115. The topological polar surface area (TPSA) is 79.9 Å². The number of aromatic nitrogens is 3. The molecule has 6 nitrogen and oxygen atoms in total. The average Bonchev–Trinajstić information content (AvgIpc) is 2.75. The monoisotopic (exact) mass is 286 g/mol. The first-order valence-electron chi connectivity index (χ1n) is 4.82. The maximum atomic E-state index is 11.8. The van der Waals surface area contributed by atoms with E-state index in [0.717, 1.165) is 0 Å². The average molecular weight is 287 g/mol. The molecule has 0 saturated carbocycles. The fourth-order valence-electron chi connectivity index (χ4n) is 1.23. The van der Waals surface area contributed by atoms with Gasteiger partial charge in [-0.2, -0.15) is 4.98 Å². The summed E-state index contributed by atoms with van der Waals surface area (Å²) in [5.41, 5.74) is 0.294. The van der Waals surface area contributed by atoms with Crippen molar-refractivity contribution in [3.8, 4) is 5.88 Å². The van der Waals surface area contributed by atoms with Crippen LogP contribution in [-0.2, 0) is 0 Å². The molecule has 18 heavy (non-hydrogen) atoms. The minimum atomic E-state index is -0.425. The molecule has 0 aliphatic rings. The fraction of sp³-hybridized carbons (Fsp3) is 0.100. The smallest absolute Gasteiger partial charge is 0.274 e. The molecular weight excluding hydrogens is 279 g/mol. The molecule has 8 heteroatoms. The zero-order valence-electron chi connectivity index (χ0n) is 9.20. The van der Waals surface area contributed by atoms with Gasteiger partial charge < -0.3 is 9.72 Å². The van der Waals surface area contributed by atoms with E-state index in [1.807, 2.05) is 0 Å². The summed E-state index contributed by atoms with van der Waals surface area (Å²) in [6, 6.07) is 2.92. The normalized spacial score (nSPS) is 10.2. The van der Waals surface area contributed by atoms with Gasteiger partial charge in [-0.1, -0.05) is 23.2 Å². The van der Waals surface area contributed by atoms with Crippen LogP contribution in [0.5, 0.6) is 5.88 Å². The van der Waals surface area contributed by atoms with Crippen LogP contribution in [-0.4, -0.2) is 28.0 Å². The van der Waals surface area contributed by atoms with Gasteiger partial charge in [-0.05, 0) is 6.07 Å². The molecule has 0 saturated heterocycles. The first-order chi connectivity index (χ1) is 8.58. The van der Waals surface area contributed by atoms with E-state index >= 15 is 0 Å². The first-order valence-corrected chi connectivity index (χ1v) is 5.58. The highest BCUT2D eigenvalue weighted by Gasteiger charge is 2.11. The minimum absolute atomic E-state index is 0.0510. The third kappa shape index (κ3) is 2.91. The summed E-state index contributed by atoms with van der Waals surface area (Å²) in [6.45, 7) is 0. The number of amides is 1. The van der Waals surface area contributed by atoms with Crippen LogP contribution in [0.3, 0.4) is 0 Å². The molecule has 0 atom stereocenters. The highest BCUT2D eigenvalue weighted by Crippen LogP contribution is 2.16. The van der Waals surface area contributed by atoms with Crippen LogP contribution < -0.4 is 10.1 Å². The standard InChI is InChI=1S/C10H8Cl2N4O2/c1-18-8-3-7(12)14-10(15-8)16-9(17)6-2-5(11)4-13-6/h2-4,13H,1H3,(H,14,15,16,17). The van der Waals surface area contributed by atoms with E-state index in [0.29, 0.717) is 10.7 Å². The number of rotatable bonds is 3. The van der Waals surface area contributed by atoms with E-state index in [1.54, 1.807) is 0 Å². The number of aromatic amines is 1. The summed E-state index contributed by atoms with van der Waals surface area (Å²) in [4.78, 5) is 22.3. The summed E-state index contributed by atoms with van der Waals surface area (Å²) in [6.07, 6.45) is 1.50. The largest absolute Gasteiger partial charge is 0.481 e. The van der Waals surface area contributed by atoms with Crippen molar-refractivity contribution >= 4 is 35.1 Å². The Bertz CT molecular complexity index is 585. The number of carbonyl (C=O) groups is 1. The van der Waals surface area contributed by atoms with Gasteiger partial charge in [0.2, 0.25) is 11.8 Å². The van der Waals surface area contributed by atoms with Crippen molar-refractivity contribution < 1.29 is 9.53 Å². The number of methoxy groups -OCH3 is 1. The maximum Gasteiger partial charge on any atom is 0.274 e. The SMILES string of the molecule is COc1cc(Cl)nc(NC(=O)c2cc(Cl)c[nH]2)n1. The minimum Gasteiger partial charge on any atom is -0.481 e. The molecule has 2 N–H and O–H groups in total. The Kier molecular flexibility index (Phi) is 3.69. The van der Waals surface area contributed by atoms with Gasteiger partial charge in [0.05, 0.1) is 12.1 Å².